The molecule has 1 saturated carbocycles. The Morgan fingerprint density at radius 1 is 1.47 bits per heavy atom. The molecular formula is C13H21NO. The zero-order valence-corrected chi connectivity index (χ0v) is 9.99. The Hall–Kier alpha value is -0.790. The molecule has 0 radical (unpaired) electrons. The monoisotopic (exact) mass is 207 g/mol. The highest BCUT2D eigenvalue weighted by molar-refractivity contribution is 5.88. The van der Waals surface area contributed by atoms with E-state index in [1.54, 1.807) is 6.08 Å². The minimum atomic E-state index is 0.192. The van der Waals surface area contributed by atoms with Crippen molar-refractivity contribution in [3.63, 3.8) is 0 Å². The van der Waals surface area contributed by atoms with Crippen molar-refractivity contribution in [2.75, 3.05) is 13.1 Å². The molecule has 1 aliphatic carbocycles. The van der Waals surface area contributed by atoms with Crippen LogP contribution < -0.4 is 0 Å². The summed E-state index contributed by atoms with van der Waals surface area (Å²) in [5.41, 5.74) is 0.505. The van der Waals surface area contributed by atoms with Gasteiger partial charge in [-0.2, -0.15) is 0 Å². The Morgan fingerprint density at radius 2 is 2.13 bits per heavy atom. The van der Waals surface area contributed by atoms with Gasteiger partial charge >= 0.3 is 0 Å². The fourth-order valence-electron chi connectivity index (χ4n) is 3.27. The quantitative estimate of drug-likeness (QED) is 0.637. The van der Waals surface area contributed by atoms with Crippen LogP contribution in [-0.2, 0) is 4.79 Å². The highest BCUT2D eigenvalue weighted by atomic mass is 16.2. The van der Waals surface area contributed by atoms with Gasteiger partial charge in [-0.25, -0.2) is 0 Å². The lowest BCUT2D eigenvalue weighted by Crippen LogP contribution is -2.66. The number of amides is 1. The second-order valence-corrected chi connectivity index (χ2v) is 5.45. The Morgan fingerprint density at radius 3 is 2.53 bits per heavy atom. The minimum Gasteiger partial charge on any atom is -0.338 e. The second-order valence-electron chi connectivity index (χ2n) is 5.45. The molecule has 0 aromatic carbocycles. The lowest BCUT2D eigenvalue weighted by atomic mass is 9.52. The van der Waals surface area contributed by atoms with Gasteiger partial charge in [0, 0.05) is 18.5 Å². The molecule has 1 aliphatic heterocycles. The van der Waals surface area contributed by atoms with Crippen LogP contribution in [0.3, 0.4) is 0 Å². The maximum Gasteiger partial charge on any atom is 0.246 e. The van der Waals surface area contributed by atoms with Crippen LogP contribution in [0.15, 0.2) is 12.2 Å². The molecule has 0 bridgehead atoms. The van der Waals surface area contributed by atoms with E-state index in [1.165, 1.54) is 12.8 Å². The van der Waals surface area contributed by atoms with E-state index in [9.17, 15) is 4.79 Å². The second kappa shape index (κ2) is 3.66. The molecule has 1 heterocycles. The van der Waals surface area contributed by atoms with Crippen molar-refractivity contribution in [2.45, 2.75) is 33.6 Å². The maximum atomic E-state index is 11.6. The number of hydrogen-bond donors (Lipinski definition) is 0. The van der Waals surface area contributed by atoms with Crippen LogP contribution >= 0.6 is 0 Å². The van der Waals surface area contributed by atoms with E-state index in [0.29, 0.717) is 5.41 Å². The SMILES string of the molecule is C/C=C/C(=O)N1CC2(CCC2C(C)C)C1. The highest BCUT2D eigenvalue weighted by Gasteiger charge is 2.55. The van der Waals surface area contributed by atoms with Crippen molar-refractivity contribution in [2.24, 2.45) is 17.3 Å². The van der Waals surface area contributed by atoms with Crippen LogP contribution in [0, 0.1) is 17.3 Å². The number of likely N-dealkylation sites (tertiary alicyclic amines) is 1. The first-order chi connectivity index (χ1) is 7.09. The number of carbonyl (C=O) groups excluding carboxylic acids is 1. The summed E-state index contributed by atoms with van der Waals surface area (Å²) in [6.07, 6.45) is 6.20. The van der Waals surface area contributed by atoms with Gasteiger partial charge in [0.2, 0.25) is 5.91 Å². The van der Waals surface area contributed by atoms with Gasteiger partial charge in [0.05, 0.1) is 0 Å². The van der Waals surface area contributed by atoms with Crippen LogP contribution in [0.25, 0.3) is 0 Å². The van der Waals surface area contributed by atoms with Crippen LogP contribution in [0.4, 0.5) is 0 Å². The summed E-state index contributed by atoms with van der Waals surface area (Å²) in [5.74, 6) is 1.82. The number of rotatable bonds is 2. The number of nitrogens with zero attached hydrogens (tertiary/aromatic N) is 1. The molecule has 0 aromatic rings. The smallest absolute Gasteiger partial charge is 0.246 e. The van der Waals surface area contributed by atoms with E-state index >= 15 is 0 Å². The first kappa shape index (κ1) is 10.7. The molecule has 2 fully saturated rings. The Bertz CT molecular complexity index is 287. The number of hydrogen-bond acceptors (Lipinski definition) is 1. The van der Waals surface area contributed by atoms with Crippen LogP contribution in [0.5, 0.6) is 0 Å². The van der Waals surface area contributed by atoms with Gasteiger partial charge in [-0.3, -0.25) is 4.79 Å². The Balaban J connectivity index is 1.90. The van der Waals surface area contributed by atoms with Crippen molar-refractivity contribution in [3.05, 3.63) is 12.2 Å². The summed E-state index contributed by atoms with van der Waals surface area (Å²) in [6, 6.07) is 0. The van der Waals surface area contributed by atoms with Gasteiger partial charge in [-0.15, -0.1) is 0 Å². The fraction of sp³-hybridized carbons (Fsp3) is 0.769. The standard InChI is InChI=1S/C13H21NO/c1-4-5-12(15)14-8-13(9-14)7-6-11(13)10(2)3/h4-5,10-11H,6-9H2,1-3H3/b5-4+. The molecule has 15 heavy (non-hydrogen) atoms. The summed E-state index contributed by atoms with van der Waals surface area (Å²) in [5, 5.41) is 0. The normalized spacial score (nSPS) is 28.3. The molecule has 2 rings (SSSR count). The van der Waals surface area contributed by atoms with E-state index in [-0.39, 0.29) is 5.91 Å². The first-order valence-corrected chi connectivity index (χ1v) is 6.01. The summed E-state index contributed by atoms with van der Waals surface area (Å²) < 4.78 is 0. The lowest BCUT2D eigenvalue weighted by molar-refractivity contribution is -0.160. The van der Waals surface area contributed by atoms with Gasteiger partial charge in [0.25, 0.3) is 0 Å². The molecule has 1 amide bonds. The molecule has 1 saturated heterocycles. The third-order valence-corrected chi connectivity index (χ3v) is 4.18. The molecule has 2 nitrogen and oxygen atoms in total. The zero-order valence-electron chi connectivity index (χ0n) is 9.99. The highest BCUT2D eigenvalue weighted by Crippen LogP contribution is 2.55. The molecule has 1 atom stereocenters. The third kappa shape index (κ3) is 1.60. The van der Waals surface area contributed by atoms with E-state index < -0.39 is 0 Å². The fourth-order valence-corrected chi connectivity index (χ4v) is 3.27. The zero-order chi connectivity index (χ0) is 11.1. The lowest BCUT2D eigenvalue weighted by Gasteiger charge is -2.62. The van der Waals surface area contributed by atoms with Gasteiger partial charge in [-0.1, -0.05) is 19.9 Å². The Labute approximate surface area is 92.3 Å². The third-order valence-electron chi connectivity index (χ3n) is 4.18. The van der Waals surface area contributed by atoms with E-state index in [2.05, 4.69) is 13.8 Å². The van der Waals surface area contributed by atoms with Crippen LogP contribution in [0.2, 0.25) is 0 Å². The molecule has 1 spiro atoms. The van der Waals surface area contributed by atoms with Crippen molar-refractivity contribution < 1.29 is 4.79 Å². The van der Waals surface area contributed by atoms with Crippen LogP contribution in [-0.4, -0.2) is 23.9 Å². The number of carbonyl (C=O) groups is 1. The first-order valence-electron chi connectivity index (χ1n) is 6.01. The van der Waals surface area contributed by atoms with Crippen molar-refractivity contribution in [1.82, 2.24) is 4.90 Å². The summed E-state index contributed by atoms with van der Waals surface area (Å²) in [7, 11) is 0. The summed E-state index contributed by atoms with van der Waals surface area (Å²) in [4.78, 5) is 13.5. The summed E-state index contributed by atoms with van der Waals surface area (Å²) in [6.45, 7) is 8.51. The van der Waals surface area contributed by atoms with Crippen LogP contribution in [0.1, 0.15) is 33.6 Å². The van der Waals surface area contributed by atoms with Gasteiger partial charge in [0.15, 0.2) is 0 Å². The molecule has 84 valence electrons. The average Bonchev–Trinajstić information content (AvgIpc) is 1.98. The van der Waals surface area contributed by atoms with E-state index in [4.69, 9.17) is 0 Å². The van der Waals surface area contributed by atoms with Gasteiger partial charge in [0.1, 0.15) is 0 Å². The van der Waals surface area contributed by atoms with Crippen molar-refractivity contribution in [3.8, 4) is 0 Å². The van der Waals surface area contributed by atoms with Crippen molar-refractivity contribution in [1.29, 1.82) is 0 Å². The topological polar surface area (TPSA) is 20.3 Å². The molecule has 0 N–H and O–H groups in total. The molecule has 1 unspecified atom stereocenters. The molecule has 2 aliphatic rings. The maximum absolute atomic E-state index is 11.6. The molecule has 2 heteroatoms. The number of allylic oxidation sites excluding steroid dienone is 1. The minimum absolute atomic E-state index is 0.192. The molecular weight excluding hydrogens is 186 g/mol. The van der Waals surface area contributed by atoms with Gasteiger partial charge < -0.3 is 4.90 Å². The van der Waals surface area contributed by atoms with Crippen molar-refractivity contribution >= 4 is 5.91 Å². The van der Waals surface area contributed by atoms with E-state index in [1.807, 2.05) is 17.9 Å². The molecule has 0 aromatic heterocycles. The predicted octanol–water partition coefficient (Wildman–Crippen LogP) is 2.46. The largest absolute Gasteiger partial charge is 0.338 e. The Kier molecular flexibility index (Phi) is 2.61. The summed E-state index contributed by atoms with van der Waals surface area (Å²) >= 11 is 0. The predicted molar refractivity (Wildman–Crippen MR) is 61.4 cm³/mol. The average molecular weight is 207 g/mol. The van der Waals surface area contributed by atoms with E-state index in [0.717, 1.165) is 24.9 Å². The van der Waals surface area contributed by atoms with Gasteiger partial charge in [-0.05, 0) is 37.7 Å².